The summed E-state index contributed by atoms with van der Waals surface area (Å²) >= 11 is 5.96. The van der Waals surface area contributed by atoms with Crippen molar-refractivity contribution in [2.45, 2.75) is 63.1 Å². The number of hydrogen-bond donors (Lipinski definition) is 2. The second kappa shape index (κ2) is 10.8. The van der Waals surface area contributed by atoms with Gasteiger partial charge in [-0.3, -0.25) is 4.79 Å². The number of rotatable bonds is 8. The quantitative estimate of drug-likeness (QED) is 0.594. The van der Waals surface area contributed by atoms with Gasteiger partial charge in [-0.05, 0) is 67.6 Å². The first-order valence-corrected chi connectivity index (χ1v) is 12.8. The van der Waals surface area contributed by atoms with E-state index >= 15 is 0 Å². The normalized spacial score (nSPS) is 20.2. The molecule has 0 aromatic heterocycles. The van der Waals surface area contributed by atoms with Crippen LogP contribution in [0.15, 0.2) is 53.4 Å². The summed E-state index contributed by atoms with van der Waals surface area (Å²) < 4.78 is 28.8. The molecule has 2 unspecified atom stereocenters. The number of benzene rings is 2. The van der Waals surface area contributed by atoms with Crippen LogP contribution < -0.4 is 5.32 Å². The maximum atomic E-state index is 13.6. The predicted octanol–water partition coefficient (Wildman–Crippen LogP) is 4.22. The number of carbonyl (C=O) groups is 1. The summed E-state index contributed by atoms with van der Waals surface area (Å²) in [5, 5.41) is 12.3. The summed E-state index contributed by atoms with van der Waals surface area (Å²) in [5.74, 6) is 0.195. The minimum Gasteiger partial charge on any atom is -0.394 e. The molecular formula is C24H31ClN2O4S. The molecule has 1 aliphatic carbocycles. The maximum absolute atomic E-state index is 13.6. The van der Waals surface area contributed by atoms with E-state index in [1.807, 2.05) is 0 Å². The third-order valence-electron chi connectivity index (χ3n) is 5.94. The molecule has 3 rings (SSSR count). The van der Waals surface area contributed by atoms with Crippen LogP contribution >= 0.6 is 11.6 Å². The molecule has 0 heterocycles. The zero-order valence-corrected chi connectivity index (χ0v) is 20.1. The number of nitrogens with zero attached hydrogens (tertiary/aromatic N) is 1. The Morgan fingerprint density at radius 2 is 1.81 bits per heavy atom. The number of aliphatic hydroxyl groups excluding tert-OH is 1. The Morgan fingerprint density at radius 3 is 2.41 bits per heavy atom. The summed E-state index contributed by atoms with van der Waals surface area (Å²) in [6, 6.07) is 12.8. The molecule has 0 spiro atoms. The van der Waals surface area contributed by atoms with Crippen LogP contribution in [0.25, 0.3) is 0 Å². The standard InChI is InChI=1S/C24H31ClN2O4S/c1-17-4-3-5-22(14-17)27(32(30,31)23-12-10-21(25)11-13-23)15-19-6-8-20(9-7-19)24(29)26-18(2)16-28/h6-13,17-18,22,28H,3-5,14-16H2,1-2H3,(H,26,29)/t17?,18?,22-/m1/s1. The van der Waals surface area contributed by atoms with Gasteiger partial charge in [-0.2, -0.15) is 4.31 Å². The molecule has 0 radical (unpaired) electrons. The van der Waals surface area contributed by atoms with E-state index in [9.17, 15) is 13.2 Å². The van der Waals surface area contributed by atoms with Gasteiger partial charge in [0, 0.05) is 29.2 Å². The highest BCUT2D eigenvalue weighted by Gasteiger charge is 2.34. The van der Waals surface area contributed by atoms with Crippen molar-refractivity contribution in [3.8, 4) is 0 Å². The molecule has 8 heteroatoms. The molecule has 32 heavy (non-hydrogen) atoms. The lowest BCUT2D eigenvalue weighted by atomic mass is 9.87. The minimum atomic E-state index is -3.72. The van der Waals surface area contributed by atoms with Gasteiger partial charge in [-0.25, -0.2) is 8.42 Å². The Hall–Kier alpha value is -1.93. The Balaban J connectivity index is 1.86. The molecule has 1 fully saturated rings. The van der Waals surface area contributed by atoms with Crippen molar-refractivity contribution in [3.05, 3.63) is 64.7 Å². The first-order valence-electron chi connectivity index (χ1n) is 11.0. The third-order valence-corrected chi connectivity index (χ3v) is 8.11. The lowest BCUT2D eigenvalue weighted by molar-refractivity contribution is 0.0922. The molecule has 174 valence electrons. The fourth-order valence-electron chi connectivity index (χ4n) is 4.11. The Kier molecular flexibility index (Phi) is 8.33. The van der Waals surface area contributed by atoms with E-state index in [1.165, 1.54) is 0 Å². The van der Waals surface area contributed by atoms with Gasteiger partial charge >= 0.3 is 0 Å². The monoisotopic (exact) mass is 478 g/mol. The summed E-state index contributed by atoms with van der Waals surface area (Å²) in [6.07, 6.45) is 3.77. The molecule has 2 N–H and O–H groups in total. The highest BCUT2D eigenvalue weighted by molar-refractivity contribution is 7.89. The van der Waals surface area contributed by atoms with Crippen LogP contribution in [0.2, 0.25) is 5.02 Å². The summed E-state index contributed by atoms with van der Waals surface area (Å²) in [5.41, 5.74) is 1.28. The summed E-state index contributed by atoms with van der Waals surface area (Å²) in [7, 11) is -3.72. The van der Waals surface area contributed by atoms with Crippen molar-refractivity contribution in [2.24, 2.45) is 5.92 Å². The SMILES string of the molecule is CC1CCC[C@@H](N(Cc2ccc(C(=O)NC(C)CO)cc2)S(=O)(=O)c2ccc(Cl)cc2)C1. The van der Waals surface area contributed by atoms with Crippen LogP contribution in [0.5, 0.6) is 0 Å². The Morgan fingerprint density at radius 1 is 1.16 bits per heavy atom. The van der Waals surface area contributed by atoms with E-state index in [-0.39, 0.29) is 36.0 Å². The first kappa shape index (κ1) is 24.7. The number of amides is 1. The number of carbonyl (C=O) groups excluding carboxylic acids is 1. The smallest absolute Gasteiger partial charge is 0.251 e. The molecule has 2 aromatic carbocycles. The van der Waals surface area contributed by atoms with Crippen LogP contribution in [0, 0.1) is 5.92 Å². The largest absolute Gasteiger partial charge is 0.394 e. The van der Waals surface area contributed by atoms with E-state index in [0.29, 0.717) is 16.5 Å². The van der Waals surface area contributed by atoms with E-state index in [4.69, 9.17) is 16.7 Å². The van der Waals surface area contributed by atoms with E-state index in [1.54, 1.807) is 59.8 Å². The molecule has 0 saturated heterocycles. The lowest BCUT2D eigenvalue weighted by Crippen LogP contribution is -2.42. The van der Waals surface area contributed by atoms with Gasteiger partial charge in [0.1, 0.15) is 0 Å². The highest BCUT2D eigenvalue weighted by Crippen LogP contribution is 2.32. The second-order valence-corrected chi connectivity index (χ2v) is 11.0. The maximum Gasteiger partial charge on any atom is 0.251 e. The number of nitrogens with one attached hydrogen (secondary N) is 1. The average Bonchev–Trinajstić information content (AvgIpc) is 2.77. The average molecular weight is 479 g/mol. The summed E-state index contributed by atoms with van der Waals surface area (Å²) in [6.45, 7) is 3.98. The van der Waals surface area contributed by atoms with Crippen molar-refractivity contribution < 1.29 is 18.3 Å². The lowest BCUT2D eigenvalue weighted by Gasteiger charge is -2.36. The zero-order valence-electron chi connectivity index (χ0n) is 18.5. The number of sulfonamides is 1. The molecule has 1 saturated carbocycles. The van der Waals surface area contributed by atoms with Crippen LogP contribution in [0.4, 0.5) is 0 Å². The van der Waals surface area contributed by atoms with Gasteiger partial charge in [0.25, 0.3) is 5.91 Å². The van der Waals surface area contributed by atoms with E-state index in [0.717, 1.165) is 31.2 Å². The molecule has 0 bridgehead atoms. The summed E-state index contributed by atoms with van der Waals surface area (Å²) in [4.78, 5) is 12.5. The first-order chi connectivity index (χ1) is 15.2. The number of aliphatic hydroxyl groups is 1. The van der Waals surface area contributed by atoms with Crippen molar-refractivity contribution >= 4 is 27.5 Å². The number of halogens is 1. The van der Waals surface area contributed by atoms with E-state index in [2.05, 4.69) is 12.2 Å². The molecular weight excluding hydrogens is 448 g/mol. The third kappa shape index (κ3) is 6.10. The highest BCUT2D eigenvalue weighted by atomic mass is 35.5. The molecule has 2 aromatic rings. The minimum absolute atomic E-state index is 0.0761. The fraction of sp³-hybridized carbons (Fsp3) is 0.458. The van der Waals surface area contributed by atoms with Gasteiger partial charge in [-0.15, -0.1) is 0 Å². The van der Waals surface area contributed by atoms with Crippen molar-refractivity contribution in [1.29, 1.82) is 0 Å². The van der Waals surface area contributed by atoms with Crippen molar-refractivity contribution in [1.82, 2.24) is 9.62 Å². The topological polar surface area (TPSA) is 86.7 Å². The molecule has 0 aliphatic heterocycles. The number of hydrogen-bond acceptors (Lipinski definition) is 4. The van der Waals surface area contributed by atoms with Gasteiger partial charge < -0.3 is 10.4 Å². The molecule has 3 atom stereocenters. The van der Waals surface area contributed by atoms with Gasteiger partial charge in [-0.1, -0.05) is 43.5 Å². The molecule has 6 nitrogen and oxygen atoms in total. The van der Waals surface area contributed by atoms with E-state index < -0.39 is 10.0 Å². The zero-order chi connectivity index (χ0) is 23.3. The van der Waals surface area contributed by atoms with Gasteiger partial charge in [0.05, 0.1) is 11.5 Å². The van der Waals surface area contributed by atoms with Crippen LogP contribution in [-0.4, -0.2) is 42.4 Å². The second-order valence-electron chi connectivity index (χ2n) is 8.68. The van der Waals surface area contributed by atoms with Crippen LogP contribution in [0.1, 0.15) is 55.5 Å². The van der Waals surface area contributed by atoms with Gasteiger partial charge in [0.15, 0.2) is 0 Å². The fourth-order valence-corrected chi connectivity index (χ4v) is 5.89. The molecule has 1 aliphatic rings. The van der Waals surface area contributed by atoms with Crippen LogP contribution in [-0.2, 0) is 16.6 Å². The molecule has 1 amide bonds. The van der Waals surface area contributed by atoms with Gasteiger partial charge in [0.2, 0.25) is 10.0 Å². The van der Waals surface area contributed by atoms with Crippen molar-refractivity contribution in [3.63, 3.8) is 0 Å². The Labute approximate surface area is 195 Å². The predicted molar refractivity (Wildman–Crippen MR) is 126 cm³/mol. The van der Waals surface area contributed by atoms with Crippen LogP contribution in [0.3, 0.4) is 0 Å². The Bertz CT molecular complexity index is 1010. The van der Waals surface area contributed by atoms with Crippen molar-refractivity contribution in [2.75, 3.05) is 6.61 Å².